The van der Waals surface area contributed by atoms with Crippen LogP contribution in [0, 0.1) is 5.82 Å². The van der Waals surface area contributed by atoms with Crippen LogP contribution in [-0.4, -0.2) is 17.6 Å². The summed E-state index contributed by atoms with van der Waals surface area (Å²) in [6, 6.07) is 9.91. The molecular formula is C16H12FNO3. The predicted molar refractivity (Wildman–Crippen MR) is 75.4 cm³/mol. The van der Waals surface area contributed by atoms with Crippen molar-refractivity contribution < 1.29 is 18.3 Å². The Morgan fingerprint density at radius 1 is 1.24 bits per heavy atom. The van der Waals surface area contributed by atoms with E-state index in [0.29, 0.717) is 16.3 Å². The Labute approximate surface area is 120 Å². The van der Waals surface area contributed by atoms with E-state index in [-0.39, 0.29) is 23.9 Å². The van der Waals surface area contributed by atoms with Crippen LogP contribution in [-0.2, 0) is 4.74 Å². The zero-order valence-electron chi connectivity index (χ0n) is 11.3. The Morgan fingerprint density at radius 3 is 2.76 bits per heavy atom. The van der Waals surface area contributed by atoms with Crippen LogP contribution in [0.5, 0.6) is 0 Å². The van der Waals surface area contributed by atoms with Crippen molar-refractivity contribution in [2.75, 3.05) is 6.61 Å². The van der Waals surface area contributed by atoms with Crippen LogP contribution in [0.3, 0.4) is 0 Å². The number of benzene rings is 2. The van der Waals surface area contributed by atoms with Gasteiger partial charge in [0.15, 0.2) is 17.8 Å². The molecule has 3 rings (SSSR count). The highest BCUT2D eigenvalue weighted by Crippen LogP contribution is 2.32. The summed E-state index contributed by atoms with van der Waals surface area (Å²) in [7, 11) is 0. The van der Waals surface area contributed by atoms with Crippen molar-refractivity contribution in [1.29, 1.82) is 0 Å². The van der Waals surface area contributed by atoms with Crippen molar-refractivity contribution in [3.63, 3.8) is 0 Å². The molecule has 0 N–H and O–H groups in total. The van der Waals surface area contributed by atoms with E-state index in [0.717, 1.165) is 0 Å². The van der Waals surface area contributed by atoms with Crippen molar-refractivity contribution in [3.05, 3.63) is 54.3 Å². The van der Waals surface area contributed by atoms with Gasteiger partial charge in [-0.25, -0.2) is 14.2 Å². The van der Waals surface area contributed by atoms with Crippen molar-refractivity contribution in [3.8, 4) is 11.3 Å². The van der Waals surface area contributed by atoms with Crippen molar-refractivity contribution >= 4 is 16.7 Å². The molecule has 0 aliphatic heterocycles. The number of carbonyl (C=O) groups excluding carboxylic acids is 1. The zero-order chi connectivity index (χ0) is 14.8. The van der Waals surface area contributed by atoms with Gasteiger partial charge in [-0.05, 0) is 24.4 Å². The number of carbonyl (C=O) groups is 1. The fraction of sp³-hybridized carbons (Fsp3) is 0.125. The Hall–Kier alpha value is -2.69. The number of nitrogens with zero attached hydrogens (tertiary/aromatic N) is 1. The van der Waals surface area contributed by atoms with E-state index in [2.05, 4.69) is 4.98 Å². The molecule has 0 atom stereocenters. The summed E-state index contributed by atoms with van der Waals surface area (Å²) in [5, 5.41) is 1.11. The highest BCUT2D eigenvalue weighted by molar-refractivity contribution is 6.01. The predicted octanol–water partition coefficient (Wildman–Crippen LogP) is 3.81. The van der Waals surface area contributed by atoms with Gasteiger partial charge >= 0.3 is 5.97 Å². The monoisotopic (exact) mass is 285 g/mol. The van der Waals surface area contributed by atoms with Gasteiger partial charge in [0.05, 0.1) is 6.61 Å². The van der Waals surface area contributed by atoms with Gasteiger partial charge < -0.3 is 9.15 Å². The standard InChI is InChI=1S/C16H12FNO3/c1-2-20-16(19)14-15(21-9-18-14)12-7-8-13(17)11-6-4-3-5-10(11)12/h3-9H,2H2,1H3. The van der Waals surface area contributed by atoms with Gasteiger partial charge in [0.25, 0.3) is 0 Å². The van der Waals surface area contributed by atoms with Crippen LogP contribution in [0.15, 0.2) is 47.2 Å². The number of oxazole rings is 1. The largest absolute Gasteiger partial charge is 0.461 e. The second-order valence-electron chi connectivity index (χ2n) is 4.39. The molecule has 5 heteroatoms. The minimum atomic E-state index is -0.561. The van der Waals surface area contributed by atoms with Gasteiger partial charge in [-0.3, -0.25) is 0 Å². The molecule has 0 amide bonds. The second kappa shape index (κ2) is 5.36. The summed E-state index contributed by atoms with van der Waals surface area (Å²) in [4.78, 5) is 15.8. The summed E-state index contributed by atoms with van der Waals surface area (Å²) in [5.41, 5.74) is 0.696. The SMILES string of the molecule is CCOC(=O)c1ncoc1-c1ccc(F)c2ccccc12. The number of ether oxygens (including phenoxy) is 1. The smallest absolute Gasteiger partial charge is 0.360 e. The molecule has 0 aliphatic rings. The Balaban J connectivity index is 2.21. The van der Waals surface area contributed by atoms with Gasteiger partial charge in [0.1, 0.15) is 5.82 Å². The van der Waals surface area contributed by atoms with E-state index in [9.17, 15) is 9.18 Å². The highest BCUT2D eigenvalue weighted by Gasteiger charge is 2.21. The van der Waals surface area contributed by atoms with Crippen LogP contribution in [0.1, 0.15) is 17.4 Å². The average Bonchev–Trinajstić information content (AvgIpc) is 2.97. The molecule has 0 fully saturated rings. The normalized spacial score (nSPS) is 10.8. The summed E-state index contributed by atoms with van der Waals surface area (Å²) in [6.07, 6.45) is 1.18. The minimum Gasteiger partial charge on any atom is -0.461 e. The summed E-state index contributed by atoms with van der Waals surface area (Å²) in [6.45, 7) is 1.96. The first-order valence-electron chi connectivity index (χ1n) is 6.50. The van der Waals surface area contributed by atoms with Crippen molar-refractivity contribution in [2.24, 2.45) is 0 Å². The molecule has 0 spiro atoms. The average molecular weight is 285 g/mol. The maximum Gasteiger partial charge on any atom is 0.360 e. The fourth-order valence-electron chi connectivity index (χ4n) is 2.24. The first-order chi connectivity index (χ1) is 10.2. The molecule has 0 bridgehead atoms. The third-order valence-electron chi connectivity index (χ3n) is 3.15. The van der Waals surface area contributed by atoms with Crippen LogP contribution >= 0.6 is 0 Å². The lowest BCUT2D eigenvalue weighted by atomic mass is 10.0. The van der Waals surface area contributed by atoms with Crippen LogP contribution in [0.4, 0.5) is 4.39 Å². The highest BCUT2D eigenvalue weighted by atomic mass is 19.1. The van der Waals surface area contributed by atoms with Gasteiger partial charge in [-0.15, -0.1) is 0 Å². The molecular weight excluding hydrogens is 273 g/mol. The summed E-state index contributed by atoms with van der Waals surface area (Å²) >= 11 is 0. The molecule has 0 unspecified atom stereocenters. The maximum absolute atomic E-state index is 13.8. The molecule has 21 heavy (non-hydrogen) atoms. The van der Waals surface area contributed by atoms with Crippen LogP contribution in [0.25, 0.3) is 22.1 Å². The van der Waals surface area contributed by atoms with Gasteiger partial charge in [0, 0.05) is 10.9 Å². The first kappa shape index (κ1) is 13.3. The first-order valence-corrected chi connectivity index (χ1v) is 6.50. The molecule has 3 aromatic rings. The Bertz CT molecular complexity index is 810. The molecule has 2 aromatic carbocycles. The molecule has 106 valence electrons. The van der Waals surface area contributed by atoms with Crippen LogP contribution < -0.4 is 0 Å². The molecule has 0 aliphatic carbocycles. The number of halogens is 1. The Kier molecular flexibility index (Phi) is 3.39. The fourth-order valence-corrected chi connectivity index (χ4v) is 2.24. The molecule has 4 nitrogen and oxygen atoms in total. The van der Waals surface area contributed by atoms with Crippen LogP contribution in [0.2, 0.25) is 0 Å². The summed E-state index contributed by atoms with van der Waals surface area (Å²) in [5.74, 6) is -0.606. The van der Waals surface area contributed by atoms with Gasteiger partial charge in [-0.1, -0.05) is 24.3 Å². The summed E-state index contributed by atoms with van der Waals surface area (Å²) < 4.78 is 24.1. The lowest BCUT2D eigenvalue weighted by Crippen LogP contribution is -2.06. The number of rotatable bonds is 3. The third kappa shape index (κ3) is 2.27. The minimum absolute atomic E-state index is 0.0913. The zero-order valence-corrected chi connectivity index (χ0v) is 11.3. The lowest BCUT2D eigenvalue weighted by Gasteiger charge is -2.06. The Morgan fingerprint density at radius 2 is 2.00 bits per heavy atom. The lowest BCUT2D eigenvalue weighted by molar-refractivity contribution is 0.0520. The van der Waals surface area contributed by atoms with E-state index in [1.807, 2.05) is 0 Å². The number of hydrogen-bond acceptors (Lipinski definition) is 4. The molecule has 0 saturated carbocycles. The number of esters is 1. The van der Waals surface area contributed by atoms with E-state index in [1.165, 1.54) is 12.5 Å². The maximum atomic E-state index is 13.8. The number of hydrogen-bond donors (Lipinski definition) is 0. The van der Waals surface area contributed by atoms with Crippen molar-refractivity contribution in [1.82, 2.24) is 4.98 Å². The van der Waals surface area contributed by atoms with Crippen molar-refractivity contribution in [2.45, 2.75) is 6.92 Å². The quantitative estimate of drug-likeness (QED) is 0.687. The third-order valence-corrected chi connectivity index (χ3v) is 3.15. The van der Waals surface area contributed by atoms with E-state index in [4.69, 9.17) is 9.15 Å². The molecule has 1 aromatic heterocycles. The van der Waals surface area contributed by atoms with E-state index >= 15 is 0 Å². The molecule has 1 heterocycles. The second-order valence-corrected chi connectivity index (χ2v) is 4.39. The molecule has 0 saturated heterocycles. The van der Waals surface area contributed by atoms with Gasteiger partial charge in [-0.2, -0.15) is 0 Å². The van der Waals surface area contributed by atoms with Gasteiger partial charge in [0.2, 0.25) is 0 Å². The van der Waals surface area contributed by atoms with E-state index in [1.54, 1.807) is 37.3 Å². The van der Waals surface area contributed by atoms with E-state index < -0.39 is 5.97 Å². The molecule has 0 radical (unpaired) electrons. The number of fused-ring (bicyclic) bond motifs is 1. The topological polar surface area (TPSA) is 52.3 Å². The number of aromatic nitrogens is 1.